The molecule has 1 unspecified atom stereocenters. The molecule has 0 radical (unpaired) electrons. The maximum Gasteiger partial charge on any atom is 0.133 e. The molecule has 18 heavy (non-hydrogen) atoms. The van der Waals surface area contributed by atoms with Gasteiger partial charge in [-0.1, -0.05) is 12.8 Å². The molecule has 1 fully saturated rings. The van der Waals surface area contributed by atoms with E-state index in [1.165, 1.54) is 36.8 Å². The van der Waals surface area contributed by atoms with Crippen molar-refractivity contribution in [1.82, 2.24) is 4.98 Å². The summed E-state index contributed by atoms with van der Waals surface area (Å²) in [5.41, 5.74) is 9.51. The average Bonchev–Trinajstić information content (AvgIpc) is 2.53. The van der Waals surface area contributed by atoms with E-state index in [0.29, 0.717) is 12.6 Å². The molecule has 0 aliphatic carbocycles. The first-order valence-electron chi connectivity index (χ1n) is 7.07. The molecule has 0 spiro atoms. The first kappa shape index (κ1) is 13.3. The van der Waals surface area contributed by atoms with Crippen molar-refractivity contribution in [2.45, 2.75) is 59.0 Å². The Morgan fingerprint density at radius 2 is 2.11 bits per heavy atom. The predicted molar refractivity (Wildman–Crippen MR) is 76.9 cm³/mol. The van der Waals surface area contributed by atoms with Gasteiger partial charge in [0.1, 0.15) is 5.82 Å². The van der Waals surface area contributed by atoms with Crippen LogP contribution >= 0.6 is 0 Å². The lowest BCUT2D eigenvalue weighted by Gasteiger charge is -2.31. The summed E-state index contributed by atoms with van der Waals surface area (Å²) >= 11 is 0. The minimum Gasteiger partial charge on any atom is -0.354 e. The summed E-state index contributed by atoms with van der Waals surface area (Å²) in [6.07, 6.45) is 5.20. The van der Waals surface area contributed by atoms with Crippen molar-refractivity contribution in [1.29, 1.82) is 0 Å². The maximum absolute atomic E-state index is 5.93. The summed E-state index contributed by atoms with van der Waals surface area (Å²) in [4.78, 5) is 7.23. The number of aromatic nitrogens is 1. The van der Waals surface area contributed by atoms with Gasteiger partial charge < -0.3 is 10.6 Å². The molecule has 1 saturated heterocycles. The molecule has 0 bridgehead atoms. The highest BCUT2D eigenvalue weighted by molar-refractivity contribution is 5.52. The Morgan fingerprint density at radius 1 is 1.33 bits per heavy atom. The number of pyridine rings is 1. The molecule has 2 N–H and O–H groups in total. The van der Waals surface area contributed by atoms with Crippen LogP contribution in [-0.2, 0) is 6.54 Å². The fourth-order valence-corrected chi connectivity index (χ4v) is 2.92. The Hall–Kier alpha value is -1.09. The van der Waals surface area contributed by atoms with Crippen molar-refractivity contribution in [3.63, 3.8) is 0 Å². The van der Waals surface area contributed by atoms with E-state index in [4.69, 9.17) is 10.7 Å². The van der Waals surface area contributed by atoms with Gasteiger partial charge in [-0.15, -0.1) is 0 Å². The van der Waals surface area contributed by atoms with Crippen LogP contribution in [0.4, 0.5) is 5.82 Å². The second-order valence-corrected chi connectivity index (χ2v) is 5.48. The second kappa shape index (κ2) is 5.70. The van der Waals surface area contributed by atoms with E-state index in [9.17, 15) is 0 Å². The van der Waals surface area contributed by atoms with E-state index in [0.717, 1.165) is 18.1 Å². The van der Waals surface area contributed by atoms with Gasteiger partial charge >= 0.3 is 0 Å². The van der Waals surface area contributed by atoms with Crippen molar-refractivity contribution in [2.75, 3.05) is 11.4 Å². The molecule has 3 heteroatoms. The summed E-state index contributed by atoms with van der Waals surface area (Å²) in [7, 11) is 0. The molecule has 1 atom stereocenters. The number of hydrogen-bond acceptors (Lipinski definition) is 3. The van der Waals surface area contributed by atoms with Gasteiger partial charge in [0.25, 0.3) is 0 Å². The first-order valence-corrected chi connectivity index (χ1v) is 7.07. The van der Waals surface area contributed by atoms with Crippen LogP contribution in [0.3, 0.4) is 0 Å². The zero-order valence-electron chi connectivity index (χ0n) is 11.9. The normalized spacial score (nSPS) is 20.9. The van der Waals surface area contributed by atoms with Crippen LogP contribution in [0.2, 0.25) is 0 Å². The minimum absolute atomic E-state index is 0.575. The highest BCUT2D eigenvalue weighted by Crippen LogP contribution is 2.27. The zero-order valence-corrected chi connectivity index (χ0v) is 11.9. The minimum atomic E-state index is 0.575. The Labute approximate surface area is 110 Å². The second-order valence-electron chi connectivity index (χ2n) is 5.48. The quantitative estimate of drug-likeness (QED) is 0.873. The Bertz CT molecular complexity index is 414. The number of rotatable bonds is 2. The number of anilines is 1. The lowest BCUT2D eigenvalue weighted by molar-refractivity contribution is 0.608. The number of nitrogens with two attached hydrogens (primary N) is 1. The van der Waals surface area contributed by atoms with Gasteiger partial charge in [-0.2, -0.15) is 0 Å². The summed E-state index contributed by atoms with van der Waals surface area (Å²) in [5.74, 6) is 1.13. The molecule has 0 aromatic carbocycles. The van der Waals surface area contributed by atoms with Crippen LogP contribution in [0.5, 0.6) is 0 Å². The lowest BCUT2D eigenvalue weighted by atomic mass is 10.1. The smallest absolute Gasteiger partial charge is 0.133 e. The van der Waals surface area contributed by atoms with E-state index in [1.807, 2.05) is 0 Å². The van der Waals surface area contributed by atoms with Crippen molar-refractivity contribution in [2.24, 2.45) is 5.73 Å². The molecule has 1 aliphatic heterocycles. The molecular weight excluding hydrogens is 222 g/mol. The SMILES string of the molecule is Cc1cc(C)c(CN)c(N2CCCCCC2C)n1. The molecule has 0 saturated carbocycles. The number of nitrogens with zero attached hydrogens (tertiary/aromatic N) is 2. The van der Waals surface area contributed by atoms with Crippen LogP contribution < -0.4 is 10.6 Å². The molecular formula is C15H25N3. The number of hydrogen-bond donors (Lipinski definition) is 1. The topological polar surface area (TPSA) is 42.1 Å². The molecule has 100 valence electrons. The molecule has 2 rings (SSSR count). The van der Waals surface area contributed by atoms with Crippen LogP contribution in [0.15, 0.2) is 6.07 Å². The lowest BCUT2D eigenvalue weighted by Crippen LogP contribution is -2.34. The van der Waals surface area contributed by atoms with E-state index >= 15 is 0 Å². The van der Waals surface area contributed by atoms with Crippen LogP contribution in [0, 0.1) is 13.8 Å². The van der Waals surface area contributed by atoms with Crippen molar-refractivity contribution < 1.29 is 0 Å². The van der Waals surface area contributed by atoms with Gasteiger partial charge in [0.05, 0.1) is 0 Å². The molecule has 0 amide bonds. The van der Waals surface area contributed by atoms with E-state index in [1.54, 1.807) is 0 Å². The molecule has 3 nitrogen and oxygen atoms in total. The summed E-state index contributed by atoms with van der Waals surface area (Å²) < 4.78 is 0. The van der Waals surface area contributed by atoms with Gasteiger partial charge in [0.15, 0.2) is 0 Å². The third-order valence-electron chi connectivity index (χ3n) is 3.98. The zero-order chi connectivity index (χ0) is 13.1. The Morgan fingerprint density at radius 3 is 2.83 bits per heavy atom. The molecule has 1 aliphatic rings. The fourth-order valence-electron chi connectivity index (χ4n) is 2.92. The van der Waals surface area contributed by atoms with Gasteiger partial charge in [0, 0.05) is 30.4 Å². The summed E-state index contributed by atoms with van der Waals surface area (Å²) in [6, 6.07) is 2.71. The molecule has 1 aromatic heterocycles. The van der Waals surface area contributed by atoms with Crippen LogP contribution in [0.25, 0.3) is 0 Å². The van der Waals surface area contributed by atoms with Crippen LogP contribution in [-0.4, -0.2) is 17.6 Å². The fraction of sp³-hybridized carbons (Fsp3) is 0.667. The van der Waals surface area contributed by atoms with Gasteiger partial charge in [-0.3, -0.25) is 0 Å². The van der Waals surface area contributed by atoms with E-state index < -0.39 is 0 Å². The van der Waals surface area contributed by atoms with E-state index in [-0.39, 0.29) is 0 Å². The van der Waals surface area contributed by atoms with Gasteiger partial charge in [0.2, 0.25) is 0 Å². The highest BCUT2D eigenvalue weighted by Gasteiger charge is 2.21. The molecule has 1 aromatic rings. The Balaban J connectivity index is 2.41. The van der Waals surface area contributed by atoms with Gasteiger partial charge in [-0.05, 0) is 45.2 Å². The van der Waals surface area contributed by atoms with Crippen molar-refractivity contribution >= 4 is 5.82 Å². The van der Waals surface area contributed by atoms with Crippen molar-refractivity contribution in [3.05, 3.63) is 22.9 Å². The summed E-state index contributed by atoms with van der Waals surface area (Å²) in [6.45, 7) is 8.22. The van der Waals surface area contributed by atoms with Crippen LogP contribution in [0.1, 0.15) is 49.4 Å². The van der Waals surface area contributed by atoms with Crippen molar-refractivity contribution in [3.8, 4) is 0 Å². The molecule has 2 heterocycles. The Kier molecular flexibility index (Phi) is 4.23. The largest absolute Gasteiger partial charge is 0.354 e. The van der Waals surface area contributed by atoms with Gasteiger partial charge in [-0.25, -0.2) is 4.98 Å². The monoisotopic (exact) mass is 247 g/mol. The third-order valence-corrected chi connectivity index (χ3v) is 3.98. The maximum atomic E-state index is 5.93. The summed E-state index contributed by atoms with van der Waals surface area (Å²) in [5, 5.41) is 0. The number of aryl methyl sites for hydroxylation is 2. The third kappa shape index (κ3) is 2.66. The first-order chi connectivity index (χ1) is 8.63. The average molecular weight is 247 g/mol. The van der Waals surface area contributed by atoms with E-state index in [2.05, 4.69) is 31.7 Å². The highest BCUT2D eigenvalue weighted by atomic mass is 15.2. The predicted octanol–water partition coefficient (Wildman–Crippen LogP) is 2.93. The standard InChI is InChI=1S/C15H25N3/c1-11-9-12(2)17-15(14(11)10-16)18-8-6-4-5-7-13(18)3/h9,13H,4-8,10,16H2,1-3H3.